The molecule has 2 aliphatic carbocycles. The van der Waals surface area contributed by atoms with Crippen LogP contribution in [0.2, 0.25) is 0 Å². The summed E-state index contributed by atoms with van der Waals surface area (Å²) in [5.74, 6) is 1.50. The fraction of sp³-hybridized carbons (Fsp3) is 0.706. The van der Waals surface area contributed by atoms with Gasteiger partial charge in [-0.3, -0.25) is 0 Å². The third-order valence-corrected chi connectivity index (χ3v) is 5.48. The third-order valence-electron chi connectivity index (χ3n) is 5.48. The van der Waals surface area contributed by atoms with Gasteiger partial charge in [-0.25, -0.2) is 4.98 Å². The van der Waals surface area contributed by atoms with Crippen LogP contribution in [0.25, 0.3) is 11.2 Å². The average Bonchev–Trinajstić information content (AvgIpc) is 3.25. The summed E-state index contributed by atoms with van der Waals surface area (Å²) in [6.45, 7) is 0. The Morgan fingerprint density at radius 3 is 2.54 bits per heavy atom. The second kappa shape index (κ2) is 6.55. The minimum atomic E-state index is 0.350. The highest BCUT2D eigenvalue weighted by Crippen LogP contribution is 2.33. The average molecular weight is 329 g/mol. The minimum Gasteiger partial charge on any atom is -0.371 e. The molecule has 2 saturated carbocycles. The molecule has 0 bridgehead atoms. The standard InChI is InChI=1S/C17H27N7/c1-19-15-14-16(24(10-20-14)13-4-2-3-5-13)23-17(22-15)21-12-8-6-11(18)7-9-12/h10-13H,2-9,18H2,1H3,(H2,19,21,22,23). The Bertz CT molecular complexity index is 696. The van der Waals surface area contributed by atoms with Crippen molar-refractivity contribution in [2.75, 3.05) is 17.7 Å². The lowest BCUT2D eigenvalue weighted by Gasteiger charge is -2.26. The number of fused-ring (bicyclic) bond motifs is 1. The van der Waals surface area contributed by atoms with Crippen LogP contribution in [0.5, 0.6) is 0 Å². The largest absolute Gasteiger partial charge is 0.371 e. The zero-order valence-corrected chi connectivity index (χ0v) is 14.3. The molecule has 0 amide bonds. The van der Waals surface area contributed by atoms with Crippen molar-refractivity contribution in [1.29, 1.82) is 0 Å². The first-order chi connectivity index (χ1) is 11.7. The summed E-state index contributed by atoms with van der Waals surface area (Å²) in [5, 5.41) is 6.69. The summed E-state index contributed by atoms with van der Waals surface area (Å²) in [4.78, 5) is 14.0. The van der Waals surface area contributed by atoms with Crippen molar-refractivity contribution in [3.05, 3.63) is 6.33 Å². The van der Waals surface area contributed by atoms with Crippen LogP contribution >= 0.6 is 0 Å². The van der Waals surface area contributed by atoms with Crippen LogP contribution in [0.4, 0.5) is 11.8 Å². The Balaban J connectivity index is 1.64. The molecule has 0 aliphatic heterocycles. The fourth-order valence-corrected chi connectivity index (χ4v) is 4.05. The minimum absolute atomic E-state index is 0.350. The molecule has 0 unspecified atom stereocenters. The monoisotopic (exact) mass is 329 g/mol. The molecule has 7 heteroatoms. The van der Waals surface area contributed by atoms with Gasteiger partial charge in [0.2, 0.25) is 5.95 Å². The summed E-state index contributed by atoms with van der Waals surface area (Å²) >= 11 is 0. The molecular formula is C17H27N7. The van der Waals surface area contributed by atoms with E-state index in [9.17, 15) is 0 Å². The molecule has 0 radical (unpaired) electrons. The normalized spacial score (nSPS) is 25.2. The lowest BCUT2D eigenvalue weighted by molar-refractivity contribution is 0.410. The highest BCUT2D eigenvalue weighted by molar-refractivity contribution is 5.84. The first-order valence-corrected chi connectivity index (χ1v) is 9.19. The fourth-order valence-electron chi connectivity index (χ4n) is 4.05. The maximum Gasteiger partial charge on any atom is 0.227 e. The van der Waals surface area contributed by atoms with E-state index >= 15 is 0 Å². The number of imidazole rings is 1. The van der Waals surface area contributed by atoms with Crippen molar-refractivity contribution in [1.82, 2.24) is 19.5 Å². The van der Waals surface area contributed by atoms with Crippen molar-refractivity contribution < 1.29 is 0 Å². The van der Waals surface area contributed by atoms with E-state index in [-0.39, 0.29) is 0 Å². The highest BCUT2D eigenvalue weighted by Gasteiger charge is 2.23. The van der Waals surface area contributed by atoms with Crippen molar-refractivity contribution in [3.63, 3.8) is 0 Å². The van der Waals surface area contributed by atoms with Crippen molar-refractivity contribution in [2.24, 2.45) is 5.73 Å². The molecule has 2 aromatic rings. The van der Waals surface area contributed by atoms with Gasteiger partial charge in [-0.05, 0) is 38.5 Å². The van der Waals surface area contributed by atoms with Gasteiger partial charge >= 0.3 is 0 Å². The number of nitrogens with zero attached hydrogens (tertiary/aromatic N) is 4. The number of rotatable bonds is 4. The summed E-state index contributed by atoms with van der Waals surface area (Å²) < 4.78 is 2.24. The van der Waals surface area contributed by atoms with Crippen molar-refractivity contribution in [2.45, 2.75) is 69.5 Å². The number of nitrogens with one attached hydrogen (secondary N) is 2. The second-order valence-corrected chi connectivity index (χ2v) is 7.16. The van der Waals surface area contributed by atoms with Crippen LogP contribution in [-0.4, -0.2) is 38.7 Å². The molecule has 0 saturated heterocycles. The SMILES string of the molecule is CNc1nc(NC2CCC(N)CC2)nc2c1ncn2C1CCCC1. The van der Waals surface area contributed by atoms with Gasteiger partial charge in [0.25, 0.3) is 0 Å². The van der Waals surface area contributed by atoms with Gasteiger partial charge in [-0.2, -0.15) is 9.97 Å². The number of nitrogens with two attached hydrogens (primary N) is 1. The molecular weight excluding hydrogens is 302 g/mol. The highest BCUT2D eigenvalue weighted by atomic mass is 15.2. The van der Waals surface area contributed by atoms with E-state index < -0.39 is 0 Å². The Labute approximate surface area is 142 Å². The van der Waals surface area contributed by atoms with Gasteiger partial charge in [-0.15, -0.1) is 0 Å². The molecule has 24 heavy (non-hydrogen) atoms. The molecule has 2 heterocycles. The molecule has 0 aromatic carbocycles. The summed E-state index contributed by atoms with van der Waals surface area (Å²) in [6.07, 6.45) is 11.3. The molecule has 0 spiro atoms. The van der Waals surface area contributed by atoms with E-state index in [0.717, 1.165) is 42.7 Å². The third kappa shape index (κ3) is 2.92. The second-order valence-electron chi connectivity index (χ2n) is 7.16. The zero-order chi connectivity index (χ0) is 16.5. The Morgan fingerprint density at radius 1 is 1.08 bits per heavy atom. The van der Waals surface area contributed by atoms with E-state index in [0.29, 0.717) is 24.1 Å². The molecule has 130 valence electrons. The Hall–Kier alpha value is -1.89. The smallest absolute Gasteiger partial charge is 0.227 e. The van der Waals surface area contributed by atoms with Gasteiger partial charge in [0.15, 0.2) is 17.0 Å². The first-order valence-electron chi connectivity index (χ1n) is 9.19. The first kappa shape index (κ1) is 15.6. The molecule has 2 fully saturated rings. The van der Waals surface area contributed by atoms with Crippen LogP contribution in [0.15, 0.2) is 6.33 Å². The Kier molecular flexibility index (Phi) is 4.26. The number of hydrogen-bond acceptors (Lipinski definition) is 6. The van der Waals surface area contributed by atoms with Crippen LogP contribution in [0, 0.1) is 0 Å². The quantitative estimate of drug-likeness (QED) is 0.798. The van der Waals surface area contributed by atoms with Crippen LogP contribution in [-0.2, 0) is 0 Å². The zero-order valence-electron chi connectivity index (χ0n) is 14.3. The predicted octanol–water partition coefficient (Wildman–Crippen LogP) is 2.66. The molecule has 2 aliphatic rings. The maximum absolute atomic E-state index is 6.01. The Morgan fingerprint density at radius 2 is 1.83 bits per heavy atom. The van der Waals surface area contributed by atoms with E-state index in [1.54, 1.807) is 0 Å². The molecule has 2 aromatic heterocycles. The van der Waals surface area contributed by atoms with E-state index in [4.69, 9.17) is 10.7 Å². The van der Waals surface area contributed by atoms with Gasteiger partial charge < -0.3 is 20.9 Å². The summed E-state index contributed by atoms with van der Waals surface area (Å²) in [7, 11) is 1.89. The van der Waals surface area contributed by atoms with E-state index in [1.165, 1.54) is 25.7 Å². The maximum atomic E-state index is 6.01. The van der Waals surface area contributed by atoms with E-state index in [2.05, 4.69) is 25.2 Å². The van der Waals surface area contributed by atoms with Crippen LogP contribution < -0.4 is 16.4 Å². The van der Waals surface area contributed by atoms with Crippen molar-refractivity contribution in [3.8, 4) is 0 Å². The molecule has 4 rings (SSSR count). The van der Waals surface area contributed by atoms with Crippen molar-refractivity contribution >= 4 is 22.9 Å². The van der Waals surface area contributed by atoms with Crippen LogP contribution in [0.1, 0.15) is 57.4 Å². The summed E-state index contributed by atoms with van der Waals surface area (Å²) in [5.41, 5.74) is 7.81. The lowest BCUT2D eigenvalue weighted by Crippen LogP contribution is -2.33. The van der Waals surface area contributed by atoms with E-state index in [1.807, 2.05) is 13.4 Å². The van der Waals surface area contributed by atoms with Gasteiger partial charge in [0.1, 0.15) is 0 Å². The number of aromatic nitrogens is 4. The molecule has 0 atom stereocenters. The van der Waals surface area contributed by atoms with Gasteiger partial charge in [-0.1, -0.05) is 12.8 Å². The predicted molar refractivity (Wildman–Crippen MR) is 96.2 cm³/mol. The lowest BCUT2D eigenvalue weighted by atomic mass is 9.92. The topological polar surface area (TPSA) is 93.7 Å². The number of hydrogen-bond donors (Lipinski definition) is 3. The molecule has 4 N–H and O–H groups in total. The number of anilines is 2. The van der Waals surface area contributed by atoms with Gasteiger partial charge in [0.05, 0.1) is 6.33 Å². The van der Waals surface area contributed by atoms with Gasteiger partial charge in [0, 0.05) is 25.2 Å². The summed E-state index contributed by atoms with van der Waals surface area (Å²) in [6, 6.07) is 1.29. The van der Waals surface area contributed by atoms with Crippen LogP contribution in [0.3, 0.4) is 0 Å². The molecule has 7 nitrogen and oxygen atoms in total.